The van der Waals surface area contributed by atoms with Crippen molar-refractivity contribution in [3.05, 3.63) is 51.4 Å². The molecule has 1 amide bonds. The minimum absolute atomic E-state index is 0.0291. The lowest BCUT2D eigenvalue weighted by Gasteiger charge is -2.05. The number of aromatic nitrogens is 1. The van der Waals surface area contributed by atoms with Crippen molar-refractivity contribution in [1.82, 2.24) is 9.88 Å². The largest absolute Gasteiger partial charge is 0.289 e. The van der Waals surface area contributed by atoms with Crippen LogP contribution >= 0.6 is 23.1 Å². The minimum atomic E-state index is -0.0291. The third-order valence-electron chi connectivity index (χ3n) is 3.14. The highest BCUT2D eigenvalue weighted by atomic mass is 32.2. The summed E-state index contributed by atoms with van der Waals surface area (Å²) in [6.45, 7) is 3.97. The number of aliphatic imine (C=N–C) groups is 1. The molecule has 1 aromatic heterocycles. The molecule has 1 fully saturated rings. The van der Waals surface area contributed by atoms with Gasteiger partial charge in [0.2, 0.25) is 5.13 Å². The number of thioether (sulfide) groups is 1. The van der Waals surface area contributed by atoms with E-state index in [1.165, 1.54) is 28.7 Å². The van der Waals surface area contributed by atoms with Gasteiger partial charge in [-0.3, -0.25) is 9.69 Å². The number of rotatable bonds is 2. The van der Waals surface area contributed by atoms with Crippen LogP contribution in [0.15, 0.2) is 39.5 Å². The number of carbonyl (C=O) groups excluding carboxylic acids is 1. The second kappa shape index (κ2) is 6.06. The van der Waals surface area contributed by atoms with Crippen molar-refractivity contribution < 1.29 is 4.79 Å². The Labute approximate surface area is 137 Å². The van der Waals surface area contributed by atoms with Crippen LogP contribution in [0.5, 0.6) is 0 Å². The highest BCUT2D eigenvalue weighted by Crippen LogP contribution is 2.33. The molecule has 3 rings (SSSR count). The predicted molar refractivity (Wildman–Crippen MR) is 93.5 cm³/mol. The van der Waals surface area contributed by atoms with Crippen LogP contribution in [0.4, 0.5) is 5.13 Å². The van der Waals surface area contributed by atoms with Crippen molar-refractivity contribution in [3.8, 4) is 0 Å². The van der Waals surface area contributed by atoms with Gasteiger partial charge in [0.05, 0.1) is 10.6 Å². The van der Waals surface area contributed by atoms with Crippen molar-refractivity contribution in [2.45, 2.75) is 13.8 Å². The van der Waals surface area contributed by atoms with Crippen LogP contribution in [-0.2, 0) is 4.79 Å². The molecule has 0 N–H and O–H groups in total. The van der Waals surface area contributed by atoms with Crippen molar-refractivity contribution in [3.63, 3.8) is 0 Å². The lowest BCUT2D eigenvalue weighted by Crippen LogP contribution is -2.23. The molecule has 2 heterocycles. The van der Waals surface area contributed by atoms with Crippen LogP contribution in [0, 0.1) is 13.8 Å². The maximum absolute atomic E-state index is 12.3. The first-order valence-electron chi connectivity index (χ1n) is 6.78. The number of hydrogen-bond donors (Lipinski definition) is 0. The van der Waals surface area contributed by atoms with Gasteiger partial charge in [0, 0.05) is 12.4 Å². The summed E-state index contributed by atoms with van der Waals surface area (Å²) in [6.07, 6.45) is 1.91. The number of amides is 1. The molecule has 112 valence electrons. The van der Waals surface area contributed by atoms with Crippen LogP contribution in [-0.4, -0.2) is 28.0 Å². The fraction of sp³-hybridized carbons (Fsp3) is 0.188. The minimum Gasteiger partial charge on any atom is -0.289 e. The molecule has 0 aliphatic carbocycles. The van der Waals surface area contributed by atoms with E-state index >= 15 is 0 Å². The summed E-state index contributed by atoms with van der Waals surface area (Å²) in [6, 6.07) is 8.08. The van der Waals surface area contributed by atoms with Gasteiger partial charge in [0.15, 0.2) is 5.17 Å². The summed E-state index contributed by atoms with van der Waals surface area (Å²) in [5.74, 6) is -0.0291. The van der Waals surface area contributed by atoms with Gasteiger partial charge in [0.25, 0.3) is 5.91 Å². The molecule has 1 aromatic carbocycles. The zero-order chi connectivity index (χ0) is 15.7. The number of thiazole rings is 1. The Hall–Kier alpha value is -1.92. The normalized spacial score (nSPS) is 18.7. The molecule has 2 aromatic rings. The average molecular weight is 329 g/mol. The number of likely N-dealkylation sites (N-methyl/N-ethyl adjacent to an activating group) is 1. The Kier molecular flexibility index (Phi) is 4.13. The van der Waals surface area contributed by atoms with Crippen molar-refractivity contribution >= 4 is 45.4 Å². The number of hydrogen-bond acceptors (Lipinski definition) is 5. The fourth-order valence-corrected chi connectivity index (χ4v) is 3.73. The topological polar surface area (TPSA) is 45.6 Å². The lowest BCUT2D eigenvalue weighted by molar-refractivity contribution is -0.121. The van der Waals surface area contributed by atoms with E-state index in [9.17, 15) is 4.79 Å². The number of carbonyl (C=O) groups is 1. The second-order valence-corrected chi connectivity index (χ2v) is 6.90. The monoisotopic (exact) mass is 329 g/mol. The summed E-state index contributed by atoms with van der Waals surface area (Å²) < 4.78 is 0. The maximum atomic E-state index is 12.3. The molecule has 1 saturated heterocycles. The second-order valence-electron chi connectivity index (χ2n) is 5.05. The number of amidine groups is 1. The molecular weight excluding hydrogens is 314 g/mol. The molecule has 0 spiro atoms. The van der Waals surface area contributed by atoms with E-state index < -0.39 is 0 Å². The molecule has 0 saturated carbocycles. The Morgan fingerprint density at radius 2 is 2.14 bits per heavy atom. The first kappa shape index (κ1) is 15.0. The molecule has 1 aliphatic rings. The Morgan fingerprint density at radius 3 is 2.82 bits per heavy atom. The zero-order valence-electron chi connectivity index (χ0n) is 12.5. The van der Waals surface area contributed by atoms with Gasteiger partial charge >= 0.3 is 0 Å². The van der Waals surface area contributed by atoms with Gasteiger partial charge in [-0.1, -0.05) is 29.8 Å². The quantitative estimate of drug-likeness (QED) is 0.783. The third kappa shape index (κ3) is 3.13. The van der Waals surface area contributed by atoms with Crippen molar-refractivity contribution in [2.75, 3.05) is 7.05 Å². The molecule has 4 nitrogen and oxygen atoms in total. The van der Waals surface area contributed by atoms with Gasteiger partial charge in [-0.05, 0) is 37.2 Å². The zero-order valence-corrected chi connectivity index (χ0v) is 14.2. The molecule has 6 heteroatoms. The smallest absolute Gasteiger partial charge is 0.266 e. The maximum Gasteiger partial charge on any atom is 0.266 e. The first-order valence-corrected chi connectivity index (χ1v) is 8.47. The van der Waals surface area contributed by atoms with Gasteiger partial charge in [-0.2, -0.15) is 4.99 Å². The summed E-state index contributed by atoms with van der Waals surface area (Å²) in [5.41, 5.74) is 3.14. The predicted octanol–water partition coefficient (Wildman–Crippen LogP) is 3.99. The Balaban J connectivity index is 1.90. The standard InChI is InChI=1S/C16H15N3OS2/c1-10-5-4-6-12(7-10)8-13-14(20)19(3)16(22-13)18-15-17-11(2)9-21-15/h4-9H,1-3H3/b13-8-,18-16+. The summed E-state index contributed by atoms with van der Waals surface area (Å²) >= 11 is 2.86. The van der Waals surface area contributed by atoms with E-state index in [2.05, 4.69) is 16.0 Å². The molecule has 0 radical (unpaired) electrons. The average Bonchev–Trinajstić information content (AvgIpc) is 2.99. The van der Waals surface area contributed by atoms with Gasteiger partial charge in [0.1, 0.15) is 0 Å². The van der Waals surface area contributed by atoms with E-state index in [1.54, 1.807) is 11.9 Å². The highest BCUT2D eigenvalue weighted by molar-refractivity contribution is 8.18. The number of nitrogens with zero attached hydrogens (tertiary/aromatic N) is 3. The molecule has 0 bridgehead atoms. The number of aryl methyl sites for hydroxylation is 2. The van der Waals surface area contributed by atoms with E-state index in [1.807, 2.05) is 43.5 Å². The molecule has 22 heavy (non-hydrogen) atoms. The molecule has 0 unspecified atom stereocenters. The first-order chi connectivity index (χ1) is 10.5. The third-order valence-corrected chi connectivity index (χ3v) is 5.05. The Morgan fingerprint density at radius 1 is 1.32 bits per heavy atom. The van der Waals surface area contributed by atoms with Crippen LogP contribution in [0.25, 0.3) is 6.08 Å². The van der Waals surface area contributed by atoms with Gasteiger partial charge in [-0.15, -0.1) is 11.3 Å². The fourth-order valence-electron chi connectivity index (χ4n) is 2.04. The van der Waals surface area contributed by atoms with Crippen LogP contribution in [0.2, 0.25) is 0 Å². The van der Waals surface area contributed by atoms with Crippen molar-refractivity contribution in [2.24, 2.45) is 4.99 Å². The van der Waals surface area contributed by atoms with Gasteiger partial charge < -0.3 is 0 Å². The van der Waals surface area contributed by atoms with Crippen LogP contribution in [0.3, 0.4) is 0 Å². The molecular formula is C16H15N3OS2. The SMILES string of the molecule is Cc1cccc(/C=C2\S/C(=N/c3nc(C)cs3)N(C)C2=O)c1. The van der Waals surface area contributed by atoms with Crippen LogP contribution < -0.4 is 0 Å². The number of benzene rings is 1. The Bertz CT molecular complexity index is 792. The summed E-state index contributed by atoms with van der Waals surface area (Å²) in [7, 11) is 1.74. The van der Waals surface area contributed by atoms with Gasteiger partial charge in [-0.25, -0.2) is 4.98 Å². The summed E-state index contributed by atoms with van der Waals surface area (Å²) in [4.78, 5) is 23.4. The molecule has 0 atom stereocenters. The van der Waals surface area contributed by atoms with E-state index in [0.29, 0.717) is 15.2 Å². The van der Waals surface area contributed by atoms with Crippen LogP contribution in [0.1, 0.15) is 16.8 Å². The highest BCUT2D eigenvalue weighted by Gasteiger charge is 2.30. The van der Waals surface area contributed by atoms with Crippen molar-refractivity contribution in [1.29, 1.82) is 0 Å². The van der Waals surface area contributed by atoms with E-state index in [4.69, 9.17) is 0 Å². The van der Waals surface area contributed by atoms with E-state index in [0.717, 1.165) is 11.3 Å². The van der Waals surface area contributed by atoms with E-state index in [-0.39, 0.29) is 5.91 Å². The summed E-state index contributed by atoms with van der Waals surface area (Å²) in [5, 5.41) is 3.29. The lowest BCUT2D eigenvalue weighted by atomic mass is 10.1. The molecule has 1 aliphatic heterocycles.